The van der Waals surface area contributed by atoms with Crippen molar-refractivity contribution in [2.45, 2.75) is 19.0 Å². The number of hydrogen-bond donors (Lipinski definition) is 2. The van der Waals surface area contributed by atoms with Gasteiger partial charge in [-0.1, -0.05) is 35.9 Å². The molecule has 9 heteroatoms. The fourth-order valence-electron chi connectivity index (χ4n) is 4.74. The summed E-state index contributed by atoms with van der Waals surface area (Å²) in [4.78, 5) is 42.1. The molecule has 2 N–H and O–H groups in total. The molecule has 0 aliphatic carbocycles. The standard InChI is InChI=1S/C30H23ClN6O2/c31-21-8-10-24-25(16-21)35-29(38)26(17-22-5-1-3-12-32-22)37(30(24)39)18-19-7-9-23-20(15-19)11-14-34-28(23)36-27-6-2-4-13-33-27/h1-16,26H,17-18H2,(H,35,38)(H,33,34,36)/t26-/m1/s1. The van der Waals surface area contributed by atoms with Gasteiger partial charge in [0.1, 0.15) is 17.7 Å². The van der Waals surface area contributed by atoms with E-state index in [-0.39, 0.29) is 24.8 Å². The Morgan fingerprint density at radius 1 is 0.872 bits per heavy atom. The number of carbonyl (C=O) groups is 2. The molecule has 0 saturated heterocycles. The lowest BCUT2D eigenvalue weighted by Gasteiger charge is -2.29. The zero-order valence-electron chi connectivity index (χ0n) is 20.7. The van der Waals surface area contributed by atoms with Crippen LogP contribution in [0.3, 0.4) is 0 Å². The molecule has 1 aliphatic rings. The SMILES string of the molecule is O=C1Nc2cc(Cl)ccc2C(=O)N(Cc2ccc3c(Nc4ccccn4)nccc3c2)[C@@H]1Cc1ccccn1. The molecule has 3 aromatic heterocycles. The maximum Gasteiger partial charge on any atom is 0.256 e. The van der Waals surface area contributed by atoms with Gasteiger partial charge in [0.25, 0.3) is 5.91 Å². The molecule has 0 bridgehead atoms. The van der Waals surface area contributed by atoms with Gasteiger partial charge in [-0.25, -0.2) is 9.97 Å². The first-order valence-electron chi connectivity index (χ1n) is 12.4. The minimum absolute atomic E-state index is 0.229. The Morgan fingerprint density at radius 2 is 1.72 bits per heavy atom. The second kappa shape index (κ2) is 10.5. The van der Waals surface area contributed by atoms with Gasteiger partial charge in [-0.3, -0.25) is 14.6 Å². The van der Waals surface area contributed by atoms with Gasteiger partial charge in [0.05, 0.1) is 11.3 Å². The van der Waals surface area contributed by atoms with Gasteiger partial charge >= 0.3 is 0 Å². The molecule has 2 amide bonds. The fourth-order valence-corrected chi connectivity index (χ4v) is 4.91. The average molecular weight is 535 g/mol. The van der Waals surface area contributed by atoms with Gasteiger partial charge < -0.3 is 15.5 Å². The third-order valence-electron chi connectivity index (χ3n) is 6.63. The van der Waals surface area contributed by atoms with Crippen molar-refractivity contribution in [2.24, 2.45) is 0 Å². The fraction of sp³-hybridized carbons (Fsp3) is 0.100. The monoisotopic (exact) mass is 534 g/mol. The first-order valence-corrected chi connectivity index (χ1v) is 12.8. The molecule has 0 radical (unpaired) electrons. The van der Waals surface area contributed by atoms with Crippen LogP contribution >= 0.6 is 11.6 Å². The van der Waals surface area contributed by atoms with Gasteiger partial charge in [0.15, 0.2) is 0 Å². The van der Waals surface area contributed by atoms with Crippen LogP contribution in [0.2, 0.25) is 5.02 Å². The highest BCUT2D eigenvalue weighted by molar-refractivity contribution is 6.31. The van der Waals surface area contributed by atoms with E-state index in [9.17, 15) is 9.59 Å². The number of fused-ring (bicyclic) bond motifs is 2. The quantitative estimate of drug-likeness (QED) is 0.293. The lowest BCUT2D eigenvalue weighted by Crippen LogP contribution is -2.46. The van der Waals surface area contributed by atoms with Crippen molar-refractivity contribution in [2.75, 3.05) is 10.6 Å². The molecule has 0 saturated carbocycles. The van der Waals surface area contributed by atoms with Crippen molar-refractivity contribution < 1.29 is 9.59 Å². The van der Waals surface area contributed by atoms with Crippen LogP contribution in [0.1, 0.15) is 21.6 Å². The summed E-state index contributed by atoms with van der Waals surface area (Å²) in [5.41, 5.74) is 2.39. The Morgan fingerprint density at radius 3 is 2.51 bits per heavy atom. The zero-order chi connectivity index (χ0) is 26.8. The second-order valence-electron chi connectivity index (χ2n) is 9.21. The van der Waals surface area contributed by atoms with E-state index in [0.717, 1.165) is 16.3 Å². The van der Waals surface area contributed by atoms with Crippen LogP contribution in [0.15, 0.2) is 97.5 Å². The highest BCUT2D eigenvalue weighted by Gasteiger charge is 2.36. The summed E-state index contributed by atoms with van der Waals surface area (Å²) in [7, 11) is 0. The zero-order valence-corrected chi connectivity index (χ0v) is 21.5. The van der Waals surface area contributed by atoms with Gasteiger partial charge in [0.2, 0.25) is 5.91 Å². The van der Waals surface area contributed by atoms with Crippen LogP contribution in [0.4, 0.5) is 17.3 Å². The first-order chi connectivity index (χ1) is 19.0. The number of nitrogens with zero attached hydrogens (tertiary/aromatic N) is 4. The van der Waals surface area contributed by atoms with E-state index in [1.165, 1.54) is 0 Å². The van der Waals surface area contributed by atoms with E-state index in [2.05, 4.69) is 25.6 Å². The number of carbonyl (C=O) groups excluding carboxylic acids is 2. The van der Waals surface area contributed by atoms with Crippen LogP contribution in [0.5, 0.6) is 0 Å². The molecule has 2 aromatic carbocycles. The Kier molecular flexibility index (Phi) is 6.61. The van der Waals surface area contributed by atoms with E-state index in [1.54, 1.807) is 41.7 Å². The predicted molar refractivity (Wildman–Crippen MR) is 151 cm³/mol. The number of amides is 2. The van der Waals surface area contributed by atoms with Gasteiger partial charge in [0, 0.05) is 47.7 Å². The van der Waals surface area contributed by atoms with E-state index in [1.807, 2.05) is 60.7 Å². The van der Waals surface area contributed by atoms with Crippen molar-refractivity contribution >= 4 is 51.5 Å². The van der Waals surface area contributed by atoms with Crippen LogP contribution in [-0.4, -0.2) is 37.7 Å². The molecule has 6 rings (SSSR count). The molecule has 0 unspecified atom stereocenters. The minimum atomic E-state index is -0.770. The number of hydrogen-bond acceptors (Lipinski definition) is 6. The summed E-state index contributed by atoms with van der Waals surface area (Å²) in [5.74, 6) is 0.829. The number of benzene rings is 2. The van der Waals surface area contributed by atoms with Crippen LogP contribution in [-0.2, 0) is 17.8 Å². The first kappa shape index (κ1) is 24.5. The highest BCUT2D eigenvalue weighted by Crippen LogP contribution is 2.30. The summed E-state index contributed by atoms with van der Waals surface area (Å²) in [5, 5.41) is 8.46. The number of nitrogens with one attached hydrogen (secondary N) is 2. The van der Waals surface area contributed by atoms with Crippen molar-refractivity contribution in [1.82, 2.24) is 19.9 Å². The molecule has 8 nitrogen and oxygen atoms in total. The normalized spacial score (nSPS) is 15.0. The van der Waals surface area contributed by atoms with E-state index in [0.29, 0.717) is 33.6 Å². The topological polar surface area (TPSA) is 100 Å². The Bertz CT molecular complexity index is 1680. The number of aromatic nitrogens is 3. The predicted octanol–water partition coefficient (Wildman–Crippen LogP) is 5.63. The van der Waals surface area contributed by atoms with Gasteiger partial charge in [-0.2, -0.15) is 0 Å². The summed E-state index contributed by atoms with van der Waals surface area (Å²) < 4.78 is 0. The summed E-state index contributed by atoms with van der Waals surface area (Å²) >= 11 is 6.18. The number of pyridine rings is 3. The molecule has 1 aliphatic heterocycles. The summed E-state index contributed by atoms with van der Waals surface area (Å²) in [6.45, 7) is 0.229. The van der Waals surface area contributed by atoms with Crippen LogP contribution in [0.25, 0.3) is 10.8 Å². The molecule has 192 valence electrons. The Labute approximate surface area is 229 Å². The average Bonchev–Trinajstić information content (AvgIpc) is 3.04. The van der Waals surface area contributed by atoms with Crippen molar-refractivity contribution in [3.63, 3.8) is 0 Å². The van der Waals surface area contributed by atoms with Gasteiger partial charge in [-0.15, -0.1) is 0 Å². The lowest BCUT2D eigenvalue weighted by molar-refractivity contribution is -0.120. The Balaban J connectivity index is 1.36. The van der Waals surface area contributed by atoms with E-state index >= 15 is 0 Å². The maximum absolute atomic E-state index is 13.9. The highest BCUT2D eigenvalue weighted by atomic mass is 35.5. The molecule has 1 atom stereocenters. The molecule has 39 heavy (non-hydrogen) atoms. The smallest absolute Gasteiger partial charge is 0.256 e. The lowest BCUT2D eigenvalue weighted by atomic mass is 10.0. The molecule has 0 spiro atoms. The molecule has 0 fully saturated rings. The summed E-state index contributed by atoms with van der Waals surface area (Å²) in [6.07, 6.45) is 5.40. The van der Waals surface area contributed by atoms with E-state index in [4.69, 9.17) is 11.6 Å². The van der Waals surface area contributed by atoms with Gasteiger partial charge in [-0.05, 0) is 65.5 Å². The Hall–Kier alpha value is -4.82. The molecular formula is C30H23ClN6O2. The minimum Gasteiger partial charge on any atom is -0.324 e. The van der Waals surface area contributed by atoms with Crippen LogP contribution < -0.4 is 10.6 Å². The number of halogens is 1. The summed E-state index contributed by atoms with van der Waals surface area (Å²) in [6, 6.07) is 23.1. The van der Waals surface area contributed by atoms with Crippen LogP contribution in [0, 0.1) is 0 Å². The van der Waals surface area contributed by atoms with Crippen molar-refractivity contribution in [1.29, 1.82) is 0 Å². The molecule has 5 aromatic rings. The third-order valence-corrected chi connectivity index (χ3v) is 6.87. The maximum atomic E-state index is 13.9. The number of anilines is 3. The largest absolute Gasteiger partial charge is 0.324 e. The molecule has 4 heterocycles. The second-order valence-corrected chi connectivity index (χ2v) is 9.64. The molecular weight excluding hydrogens is 512 g/mol. The van der Waals surface area contributed by atoms with Crippen molar-refractivity contribution in [3.05, 3.63) is 119 Å². The van der Waals surface area contributed by atoms with Crippen molar-refractivity contribution in [3.8, 4) is 0 Å². The third kappa shape index (κ3) is 5.15. The number of rotatable bonds is 6. The van der Waals surface area contributed by atoms with E-state index < -0.39 is 6.04 Å².